The SMILES string of the molecule is CC1CC(C(=O)N2CCNC(=O)CC2)(C(N)=S)C1. The second kappa shape index (κ2) is 4.84. The molecule has 5 nitrogen and oxygen atoms in total. The summed E-state index contributed by atoms with van der Waals surface area (Å²) >= 11 is 5.08. The summed E-state index contributed by atoms with van der Waals surface area (Å²) in [5, 5.41) is 2.76. The lowest BCUT2D eigenvalue weighted by Gasteiger charge is -2.46. The number of carbonyl (C=O) groups is 2. The molecular formula is C12H19N3O2S. The molecule has 0 aromatic rings. The molecule has 2 rings (SSSR count). The smallest absolute Gasteiger partial charge is 0.235 e. The summed E-state index contributed by atoms with van der Waals surface area (Å²) in [5.74, 6) is 0.489. The Balaban J connectivity index is 2.09. The molecule has 0 radical (unpaired) electrons. The Hall–Kier alpha value is -1.17. The van der Waals surface area contributed by atoms with E-state index < -0.39 is 5.41 Å². The van der Waals surface area contributed by atoms with Gasteiger partial charge in [0, 0.05) is 26.1 Å². The zero-order chi connectivity index (χ0) is 13.3. The number of rotatable bonds is 2. The summed E-state index contributed by atoms with van der Waals surface area (Å²) in [6, 6.07) is 0. The van der Waals surface area contributed by atoms with Crippen LogP contribution < -0.4 is 11.1 Å². The Bertz CT molecular complexity index is 391. The van der Waals surface area contributed by atoms with Crippen LogP contribution in [-0.2, 0) is 9.59 Å². The number of carbonyl (C=O) groups excluding carboxylic acids is 2. The number of hydrogen-bond acceptors (Lipinski definition) is 3. The van der Waals surface area contributed by atoms with Crippen molar-refractivity contribution in [2.45, 2.75) is 26.2 Å². The average molecular weight is 269 g/mol. The molecule has 100 valence electrons. The molecule has 2 aliphatic rings. The molecule has 1 aliphatic heterocycles. The van der Waals surface area contributed by atoms with Gasteiger partial charge in [-0.2, -0.15) is 0 Å². The lowest BCUT2D eigenvalue weighted by molar-refractivity contribution is -0.143. The molecule has 0 bridgehead atoms. The predicted molar refractivity (Wildman–Crippen MR) is 71.8 cm³/mol. The first-order valence-electron chi connectivity index (χ1n) is 6.32. The third-order valence-electron chi connectivity index (χ3n) is 3.87. The Morgan fingerprint density at radius 1 is 1.50 bits per heavy atom. The van der Waals surface area contributed by atoms with Gasteiger partial charge in [0.15, 0.2) is 0 Å². The number of hydrogen-bond donors (Lipinski definition) is 2. The summed E-state index contributed by atoms with van der Waals surface area (Å²) in [7, 11) is 0. The van der Waals surface area contributed by atoms with Crippen LogP contribution in [-0.4, -0.2) is 41.3 Å². The van der Waals surface area contributed by atoms with Crippen molar-refractivity contribution in [3.8, 4) is 0 Å². The van der Waals surface area contributed by atoms with E-state index in [0.717, 1.165) is 12.8 Å². The van der Waals surface area contributed by atoms with Crippen LogP contribution in [0.2, 0.25) is 0 Å². The van der Waals surface area contributed by atoms with Crippen LogP contribution in [0.3, 0.4) is 0 Å². The van der Waals surface area contributed by atoms with Crippen LogP contribution in [0, 0.1) is 11.3 Å². The van der Waals surface area contributed by atoms with Gasteiger partial charge in [0.05, 0.1) is 10.4 Å². The maximum Gasteiger partial charge on any atom is 0.235 e. The third kappa shape index (κ3) is 2.21. The first-order valence-corrected chi connectivity index (χ1v) is 6.72. The molecule has 2 amide bonds. The van der Waals surface area contributed by atoms with E-state index in [1.807, 2.05) is 0 Å². The van der Waals surface area contributed by atoms with Crippen molar-refractivity contribution in [1.82, 2.24) is 10.2 Å². The van der Waals surface area contributed by atoms with Crippen LogP contribution >= 0.6 is 12.2 Å². The van der Waals surface area contributed by atoms with Gasteiger partial charge in [0.1, 0.15) is 0 Å². The highest BCUT2D eigenvalue weighted by molar-refractivity contribution is 7.80. The zero-order valence-electron chi connectivity index (χ0n) is 10.6. The number of nitrogens with two attached hydrogens (primary N) is 1. The second-order valence-corrected chi connectivity index (χ2v) is 5.79. The molecule has 3 N–H and O–H groups in total. The quantitative estimate of drug-likeness (QED) is 0.694. The monoisotopic (exact) mass is 269 g/mol. The average Bonchev–Trinajstić information content (AvgIpc) is 2.48. The summed E-state index contributed by atoms with van der Waals surface area (Å²) < 4.78 is 0. The van der Waals surface area contributed by atoms with Gasteiger partial charge >= 0.3 is 0 Å². The van der Waals surface area contributed by atoms with Crippen molar-refractivity contribution < 1.29 is 9.59 Å². The van der Waals surface area contributed by atoms with Crippen molar-refractivity contribution in [3.05, 3.63) is 0 Å². The highest BCUT2D eigenvalue weighted by Gasteiger charge is 2.52. The van der Waals surface area contributed by atoms with Gasteiger partial charge < -0.3 is 16.0 Å². The first-order chi connectivity index (χ1) is 8.45. The molecule has 1 heterocycles. The molecule has 1 saturated carbocycles. The van der Waals surface area contributed by atoms with Crippen LogP contribution in [0.25, 0.3) is 0 Å². The molecule has 0 unspecified atom stereocenters. The van der Waals surface area contributed by atoms with E-state index in [1.54, 1.807) is 4.90 Å². The Kier molecular flexibility index (Phi) is 3.56. The van der Waals surface area contributed by atoms with Crippen molar-refractivity contribution >= 4 is 29.0 Å². The van der Waals surface area contributed by atoms with Crippen LogP contribution in [0.1, 0.15) is 26.2 Å². The summed E-state index contributed by atoms with van der Waals surface area (Å²) in [5.41, 5.74) is 5.12. The van der Waals surface area contributed by atoms with Gasteiger partial charge in [0.2, 0.25) is 11.8 Å². The first kappa shape index (κ1) is 13.3. The van der Waals surface area contributed by atoms with Gasteiger partial charge in [-0.1, -0.05) is 19.1 Å². The van der Waals surface area contributed by atoms with Crippen LogP contribution in [0.5, 0.6) is 0 Å². The number of nitrogens with one attached hydrogen (secondary N) is 1. The highest BCUT2D eigenvalue weighted by Crippen LogP contribution is 2.47. The molecule has 0 aromatic carbocycles. The molecule has 1 saturated heterocycles. The molecule has 0 atom stereocenters. The summed E-state index contributed by atoms with van der Waals surface area (Å²) in [4.78, 5) is 25.9. The largest absolute Gasteiger partial charge is 0.392 e. The number of nitrogens with zero attached hydrogens (tertiary/aromatic N) is 1. The normalized spacial score (nSPS) is 32.2. The number of thiocarbonyl (C=S) groups is 1. The maximum atomic E-state index is 12.6. The van der Waals surface area contributed by atoms with E-state index in [4.69, 9.17) is 18.0 Å². The standard InChI is InChI=1S/C12H19N3O2S/c1-8-6-12(7-8,10(13)18)11(17)15-4-2-9(16)14-3-5-15/h8H,2-7H2,1H3,(H2,13,18)(H,14,16). The van der Waals surface area contributed by atoms with E-state index in [-0.39, 0.29) is 11.8 Å². The van der Waals surface area contributed by atoms with Gasteiger partial charge in [-0.05, 0) is 18.8 Å². The lowest BCUT2D eigenvalue weighted by atomic mass is 9.61. The minimum absolute atomic E-state index is 0.00310. The zero-order valence-corrected chi connectivity index (χ0v) is 11.4. The van der Waals surface area contributed by atoms with Gasteiger partial charge in [-0.15, -0.1) is 0 Å². The Labute approximate surface area is 112 Å². The van der Waals surface area contributed by atoms with E-state index in [1.165, 1.54) is 0 Å². The van der Waals surface area contributed by atoms with Crippen LogP contribution in [0.4, 0.5) is 0 Å². The molecule has 18 heavy (non-hydrogen) atoms. The van der Waals surface area contributed by atoms with E-state index in [2.05, 4.69) is 12.2 Å². The second-order valence-electron chi connectivity index (χ2n) is 5.35. The van der Waals surface area contributed by atoms with Crippen molar-refractivity contribution in [2.24, 2.45) is 17.1 Å². The maximum absolute atomic E-state index is 12.6. The van der Waals surface area contributed by atoms with Crippen molar-refractivity contribution in [3.63, 3.8) is 0 Å². The van der Waals surface area contributed by atoms with E-state index >= 15 is 0 Å². The molecule has 0 spiro atoms. The fourth-order valence-corrected chi connectivity index (χ4v) is 3.14. The van der Waals surface area contributed by atoms with Gasteiger partial charge in [0.25, 0.3) is 0 Å². The Morgan fingerprint density at radius 2 is 2.17 bits per heavy atom. The van der Waals surface area contributed by atoms with E-state index in [0.29, 0.717) is 37.0 Å². The van der Waals surface area contributed by atoms with Crippen molar-refractivity contribution in [2.75, 3.05) is 19.6 Å². The molecule has 1 aliphatic carbocycles. The summed E-state index contributed by atoms with van der Waals surface area (Å²) in [6.45, 7) is 3.61. The lowest BCUT2D eigenvalue weighted by Crippen LogP contribution is -2.57. The Morgan fingerprint density at radius 3 is 2.72 bits per heavy atom. The fraction of sp³-hybridized carbons (Fsp3) is 0.750. The minimum Gasteiger partial charge on any atom is -0.392 e. The topological polar surface area (TPSA) is 75.4 Å². The molecule has 6 heteroatoms. The minimum atomic E-state index is -0.651. The van der Waals surface area contributed by atoms with E-state index in [9.17, 15) is 9.59 Å². The van der Waals surface area contributed by atoms with Gasteiger partial charge in [-0.25, -0.2) is 0 Å². The third-order valence-corrected chi connectivity index (χ3v) is 4.27. The predicted octanol–water partition coefficient (Wildman–Crippen LogP) is 0.0373. The molecule has 0 aromatic heterocycles. The summed E-state index contributed by atoms with van der Waals surface area (Å²) in [6.07, 6.45) is 1.83. The van der Waals surface area contributed by atoms with Crippen molar-refractivity contribution in [1.29, 1.82) is 0 Å². The molecule has 2 fully saturated rings. The molecular weight excluding hydrogens is 250 g/mol. The van der Waals surface area contributed by atoms with Gasteiger partial charge in [-0.3, -0.25) is 9.59 Å². The highest BCUT2D eigenvalue weighted by atomic mass is 32.1. The fourth-order valence-electron chi connectivity index (χ4n) is 2.88. The number of amides is 2. The van der Waals surface area contributed by atoms with Crippen LogP contribution in [0.15, 0.2) is 0 Å².